The normalized spacial score (nSPS) is 17.3. The third-order valence-electron chi connectivity index (χ3n) is 4.10. The van der Waals surface area contributed by atoms with Crippen LogP contribution < -0.4 is 15.4 Å². The molecule has 2 rings (SSSR count). The summed E-state index contributed by atoms with van der Waals surface area (Å²) in [6.07, 6.45) is 2.08. The minimum absolute atomic E-state index is 0. The maximum absolute atomic E-state index is 12.3. The lowest BCUT2D eigenvalue weighted by Crippen LogP contribution is -2.28. The van der Waals surface area contributed by atoms with Gasteiger partial charge in [-0.15, -0.1) is 12.4 Å². The van der Waals surface area contributed by atoms with Crippen molar-refractivity contribution in [1.82, 2.24) is 15.4 Å². The molecule has 0 saturated carbocycles. The molecule has 1 atom stereocenters. The van der Waals surface area contributed by atoms with Gasteiger partial charge < -0.3 is 10.6 Å². The Morgan fingerprint density at radius 1 is 1.38 bits per heavy atom. The van der Waals surface area contributed by atoms with E-state index in [1.165, 1.54) is 12.1 Å². The molecule has 0 radical (unpaired) electrons. The van der Waals surface area contributed by atoms with Crippen LogP contribution in [0.2, 0.25) is 0 Å². The van der Waals surface area contributed by atoms with Gasteiger partial charge in [0.2, 0.25) is 10.0 Å². The maximum atomic E-state index is 12.3. The van der Waals surface area contributed by atoms with Crippen molar-refractivity contribution in [3.05, 3.63) is 29.3 Å². The van der Waals surface area contributed by atoms with Crippen LogP contribution in [0.5, 0.6) is 0 Å². The van der Waals surface area contributed by atoms with Gasteiger partial charge in [-0.05, 0) is 56.5 Å². The first-order chi connectivity index (χ1) is 10.9. The standard InChI is InChI=1S/C16H25N3O3S.ClH/c1-3-19-23(21,22)14-5-4-12(2)15(10-14)16(20)18-9-7-13-6-8-17-11-13;/h4-5,10,13,17,19H,3,6-9,11H2,1-2H3,(H,18,20);1H. The van der Waals surface area contributed by atoms with Crippen molar-refractivity contribution >= 4 is 28.3 Å². The van der Waals surface area contributed by atoms with E-state index in [2.05, 4.69) is 15.4 Å². The van der Waals surface area contributed by atoms with Crippen molar-refractivity contribution in [2.75, 3.05) is 26.2 Å². The second-order valence-corrected chi connectivity index (χ2v) is 7.65. The summed E-state index contributed by atoms with van der Waals surface area (Å²) in [7, 11) is -3.55. The quantitative estimate of drug-likeness (QED) is 0.673. The number of carbonyl (C=O) groups excluding carboxylic acids is 1. The number of hydrogen-bond acceptors (Lipinski definition) is 4. The SMILES string of the molecule is CCNS(=O)(=O)c1ccc(C)c(C(=O)NCCC2CCNC2)c1.Cl. The third kappa shape index (κ3) is 5.44. The number of rotatable bonds is 7. The van der Waals surface area contributed by atoms with Crippen LogP contribution in [0.15, 0.2) is 23.1 Å². The van der Waals surface area contributed by atoms with E-state index in [0.29, 0.717) is 24.6 Å². The average Bonchev–Trinajstić information content (AvgIpc) is 3.00. The molecule has 1 unspecified atom stereocenters. The Balaban J connectivity index is 0.00000288. The van der Waals surface area contributed by atoms with Crippen LogP contribution in [0.4, 0.5) is 0 Å². The van der Waals surface area contributed by atoms with Crippen LogP contribution in [0.3, 0.4) is 0 Å². The van der Waals surface area contributed by atoms with Gasteiger partial charge in [0.15, 0.2) is 0 Å². The highest BCUT2D eigenvalue weighted by atomic mass is 35.5. The highest BCUT2D eigenvalue weighted by Crippen LogP contribution is 2.16. The monoisotopic (exact) mass is 375 g/mol. The van der Waals surface area contributed by atoms with Crippen molar-refractivity contribution in [1.29, 1.82) is 0 Å². The molecule has 1 aromatic rings. The van der Waals surface area contributed by atoms with E-state index in [1.807, 2.05) is 0 Å². The summed E-state index contributed by atoms with van der Waals surface area (Å²) in [5, 5.41) is 6.20. The number of aryl methyl sites for hydroxylation is 1. The molecule has 136 valence electrons. The van der Waals surface area contributed by atoms with Gasteiger partial charge in [0, 0.05) is 18.7 Å². The smallest absolute Gasteiger partial charge is 0.251 e. The van der Waals surface area contributed by atoms with Crippen LogP contribution >= 0.6 is 12.4 Å². The maximum Gasteiger partial charge on any atom is 0.251 e. The number of carbonyl (C=O) groups is 1. The molecule has 8 heteroatoms. The lowest BCUT2D eigenvalue weighted by molar-refractivity contribution is 0.0951. The van der Waals surface area contributed by atoms with E-state index in [9.17, 15) is 13.2 Å². The van der Waals surface area contributed by atoms with Gasteiger partial charge in [-0.25, -0.2) is 13.1 Å². The summed E-state index contributed by atoms with van der Waals surface area (Å²) in [6, 6.07) is 4.63. The second kappa shape index (κ2) is 9.36. The Labute approximate surface area is 150 Å². The molecule has 1 aromatic carbocycles. The Hall–Kier alpha value is -1.15. The van der Waals surface area contributed by atoms with Gasteiger partial charge in [0.1, 0.15) is 0 Å². The molecule has 1 aliphatic heterocycles. The largest absolute Gasteiger partial charge is 0.352 e. The van der Waals surface area contributed by atoms with Crippen molar-refractivity contribution in [2.45, 2.75) is 31.6 Å². The van der Waals surface area contributed by atoms with Crippen LogP contribution in [0.1, 0.15) is 35.7 Å². The summed E-state index contributed by atoms with van der Waals surface area (Å²) >= 11 is 0. The fraction of sp³-hybridized carbons (Fsp3) is 0.562. The molecular weight excluding hydrogens is 350 g/mol. The second-order valence-electron chi connectivity index (χ2n) is 5.88. The molecule has 1 aliphatic rings. The number of amides is 1. The first-order valence-electron chi connectivity index (χ1n) is 8.03. The molecule has 1 heterocycles. The summed E-state index contributed by atoms with van der Waals surface area (Å²) in [4.78, 5) is 12.5. The topological polar surface area (TPSA) is 87.3 Å². The molecule has 0 bridgehead atoms. The van der Waals surface area contributed by atoms with E-state index in [-0.39, 0.29) is 23.2 Å². The third-order valence-corrected chi connectivity index (χ3v) is 5.64. The first kappa shape index (κ1) is 20.9. The molecular formula is C16H26ClN3O3S. The number of benzene rings is 1. The molecule has 0 aliphatic carbocycles. The number of hydrogen-bond donors (Lipinski definition) is 3. The van der Waals surface area contributed by atoms with E-state index in [1.54, 1.807) is 19.9 Å². The zero-order valence-corrected chi connectivity index (χ0v) is 15.7. The lowest BCUT2D eigenvalue weighted by Gasteiger charge is -2.12. The van der Waals surface area contributed by atoms with Gasteiger partial charge >= 0.3 is 0 Å². The summed E-state index contributed by atoms with van der Waals surface area (Å²) in [5.41, 5.74) is 1.18. The Kier molecular flexibility index (Phi) is 8.15. The molecule has 24 heavy (non-hydrogen) atoms. The summed E-state index contributed by atoms with van der Waals surface area (Å²) in [5.74, 6) is 0.388. The predicted octanol–water partition coefficient (Wildman–Crippen LogP) is 1.44. The lowest BCUT2D eigenvalue weighted by atomic mass is 10.0. The van der Waals surface area contributed by atoms with E-state index < -0.39 is 10.0 Å². The van der Waals surface area contributed by atoms with Gasteiger partial charge in [-0.2, -0.15) is 0 Å². The molecule has 1 amide bonds. The first-order valence-corrected chi connectivity index (χ1v) is 9.51. The molecule has 3 N–H and O–H groups in total. The van der Waals surface area contributed by atoms with Gasteiger partial charge in [0.05, 0.1) is 4.90 Å². The summed E-state index contributed by atoms with van der Waals surface area (Å²) < 4.78 is 26.6. The molecule has 1 fully saturated rings. The number of nitrogens with one attached hydrogen (secondary N) is 3. The van der Waals surface area contributed by atoms with Crippen LogP contribution in [-0.2, 0) is 10.0 Å². The molecule has 6 nitrogen and oxygen atoms in total. The fourth-order valence-corrected chi connectivity index (χ4v) is 3.80. The van der Waals surface area contributed by atoms with Gasteiger partial charge in [-0.1, -0.05) is 13.0 Å². The molecule has 0 spiro atoms. The van der Waals surface area contributed by atoms with Gasteiger partial charge in [-0.3, -0.25) is 4.79 Å². The molecule has 0 aromatic heterocycles. The van der Waals surface area contributed by atoms with E-state index in [0.717, 1.165) is 31.5 Å². The zero-order chi connectivity index (χ0) is 16.9. The highest BCUT2D eigenvalue weighted by molar-refractivity contribution is 7.89. The van der Waals surface area contributed by atoms with Crippen molar-refractivity contribution in [2.24, 2.45) is 5.92 Å². The van der Waals surface area contributed by atoms with Gasteiger partial charge in [0.25, 0.3) is 5.91 Å². The highest BCUT2D eigenvalue weighted by Gasteiger charge is 2.18. The fourth-order valence-electron chi connectivity index (χ4n) is 2.73. The van der Waals surface area contributed by atoms with Crippen LogP contribution in [0.25, 0.3) is 0 Å². The Morgan fingerprint density at radius 3 is 2.75 bits per heavy atom. The Morgan fingerprint density at radius 2 is 2.12 bits per heavy atom. The van der Waals surface area contributed by atoms with Crippen molar-refractivity contribution in [3.8, 4) is 0 Å². The zero-order valence-electron chi connectivity index (χ0n) is 14.1. The minimum atomic E-state index is -3.55. The summed E-state index contributed by atoms with van der Waals surface area (Å²) in [6.45, 7) is 6.49. The van der Waals surface area contributed by atoms with Crippen molar-refractivity contribution in [3.63, 3.8) is 0 Å². The van der Waals surface area contributed by atoms with Crippen LogP contribution in [-0.4, -0.2) is 40.5 Å². The van der Waals surface area contributed by atoms with Crippen molar-refractivity contribution < 1.29 is 13.2 Å². The van der Waals surface area contributed by atoms with E-state index in [4.69, 9.17) is 0 Å². The van der Waals surface area contributed by atoms with E-state index >= 15 is 0 Å². The Bertz CT molecular complexity index is 659. The molecule has 1 saturated heterocycles. The average molecular weight is 376 g/mol. The minimum Gasteiger partial charge on any atom is -0.352 e. The number of sulfonamides is 1. The number of halogens is 1. The van der Waals surface area contributed by atoms with Crippen LogP contribution in [0, 0.1) is 12.8 Å². The predicted molar refractivity (Wildman–Crippen MR) is 97.2 cm³/mol.